The van der Waals surface area contributed by atoms with E-state index in [1.54, 1.807) is 6.92 Å². The smallest absolute Gasteiger partial charge is 0.305 e. The van der Waals surface area contributed by atoms with Gasteiger partial charge < -0.3 is 9.84 Å². The van der Waals surface area contributed by atoms with Gasteiger partial charge in [0.05, 0.1) is 7.11 Å². The molecule has 18 heavy (non-hydrogen) atoms. The maximum atomic E-state index is 10.8. The highest BCUT2D eigenvalue weighted by Crippen LogP contribution is 2.13. The summed E-state index contributed by atoms with van der Waals surface area (Å²) < 4.78 is 4.51. The molecule has 1 N–H and O–H groups in total. The van der Waals surface area contributed by atoms with Crippen LogP contribution in [0.5, 0.6) is 0 Å². The monoisotopic (exact) mass is 261 g/mol. The Balaban J connectivity index is 3.68. The Bertz CT molecular complexity index is 257. The van der Waals surface area contributed by atoms with Gasteiger partial charge in [0.25, 0.3) is 0 Å². The van der Waals surface area contributed by atoms with Gasteiger partial charge in [0, 0.05) is 17.8 Å². The third-order valence-electron chi connectivity index (χ3n) is 2.99. The molecular formula is C12H23NO5. The van der Waals surface area contributed by atoms with Crippen molar-refractivity contribution in [3.63, 3.8) is 0 Å². The van der Waals surface area contributed by atoms with Crippen LogP contribution in [0.2, 0.25) is 0 Å². The second-order valence-corrected chi connectivity index (χ2v) is 4.36. The molecule has 6 nitrogen and oxygen atoms in total. The molecule has 0 rings (SSSR count). The summed E-state index contributed by atoms with van der Waals surface area (Å²) in [6.07, 6.45) is 3.44. The first kappa shape index (κ1) is 16.8. The van der Waals surface area contributed by atoms with E-state index in [9.17, 15) is 20.0 Å². The van der Waals surface area contributed by atoms with Crippen molar-refractivity contribution >= 4 is 5.97 Å². The van der Waals surface area contributed by atoms with Gasteiger partial charge in [-0.2, -0.15) is 0 Å². The molecule has 0 aliphatic heterocycles. The maximum Gasteiger partial charge on any atom is 0.305 e. The Morgan fingerprint density at radius 2 is 1.94 bits per heavy atom. The molecule has 0 aliphatic carbocycles. The molecule has 0 spiro atoms. The molecular weight excluding hydrogens is 238 g/mol. The van der Waals surface area contributed by atoms with Gasteiger partial charge in [0.2, 0.25) is 6.04 Å². The highest BCUT2D eigenvalue weighted by atomic mass is 16.6. The number of carbonyl (C=O) groups is 1. The van der Waals surface area contributed by atoms with Crippen molar-refractivity contribution in [2.75, 3.05) is 7.11 Å². The number of esters is 1. The zero-order chi connectivity index (χ0) is 14.0. The average Bonchev–Trinajstić information content (AvgIpc) is 2.36. The van der Waals surface area contributed by atoms with Gasteiger partial charge in [-0.05, 0) is 19.3 Å². The Kier molecular flexibility index (Phi) is 9.18. The number of hydrogen-bond donors (Lipinski definition) is 1. The van der Waals surface area contributed by atoms with E-state index in [0.717, 1.165) is 19.3 Å². The van der Waals surface area contributed by atoms with Gasteiger partial charge in [-0.25, -0.2) is 0 Å². The molecule has 106 valence electrons. The van der Waals surface area contributed by atoms with Crippen LogP contribution in [0.15, 0.2) is 0 Å². The summed E-state index contributed by atoms with van der Waals surface area (Å²) in [5, 5.41) is 20.2. The van der Waals surface area contributed by atoms with Crippen LogP contribution in [-0.4, -0.2) is 35.3 Å². The lowest BCUT2D eigenvalue weighted by atomic mass is 10.0. The summed E-state index contributed by atoms with van der Waals surface area (Å²) in [5.74, 6) is -0.223. The summed E-state index contributed by atoms with van der Waals surface area (Å²) in [6.45, 7) is 1.73. The van der Waals surface area contributed by atoms with Crippen molar-refractivity contribution in [2.24, 2.45) is 0 Å². The Morgan fingerprint density at radius 3 is 2.44 bits per heavy atom. The van der Waals surface area contributed by atoms with E-state index in [4.69, 9.17) is 0 Å². The van der Waals surface area contributed by atoms with E-state index in [0.29, 0.717) is 25.7 Å². The fraction of sp³-hybridized carbons (Fsp3) is 0.917. The van der Waals surface area contributed by atoms with E-state index in [1.807, 2.05) is 0 Å². The van der Waals surface area contributed by atoms with Crippen LogP contribution >= 0.6 is 0 Å². The van der Waals surface area contributed by atoms with Gasteiger partial charge in [-0.15, -0.1) is 0 Å². The summed E-state index contributed by atoms with van der Waals surface area (Å²) in [6, 6.07) is -0.865. The normalized spacial score (nSPS) is 13.9. The van der Waals surface area contributed by atoms with Crippen molar-refractivity contribution in [3.05, 3.63) is 10.1 Å². The topological polar surface area (TPSA) is 89.7 Å². The number of unbranched alkanes of at least 4 members (excludes halogenated alkanes) is 3. The standard InChI is InChI=1S/C12H23NO5/c1-3-11(14)10(13(16)17)8-6-4-5-7-9-12(15)18-2/h10-11,14H,3-9H2,1-2H3. The number of nitrogens with zero attached hydrogens (tertiary/aromatic N) is 1. The Morgan fingerprint density at radius 1 is 1.33 bits per heavy atom. The fourth-order valence-corrected chi connectivity index (χ4v) is 1.79. The van der Waals surface area contributed by atoms with Crippen LogP contribution in [-0.2, 0) is 9.53 Å². The minimum absolute atomic E-state index is 0.223. The molecule has 0 heterocycles. The molecule has 0 saturated carbocycles. The number of methoxy groups -OCH3 is 1. The lowest BCUT2D eigenvalue weighted by Gasteiger charge is -2.14. The molecule has 0 aromatic heterocycles. The average molecular weight is 261 g/mol. The summed E-state index contributed by atoms with van der Waals surface area (Å²) >= 11 is 0. The number of ether oxygens (including phenoxy) is 1. The second-order valence-electron chi connectivity index (χ2n) is 4.36. The number of aliphatic hydroxyl groups is 1. The van der Waals surface area contributed by atoms with Crippen LogP contribution in [0.3, 0.4) is 0 Å². The first-order valence-corrected chi connectivity index (χ1v) is 6.41. The van der Waals surface area contributed by atoms with E-state index in [2.05, 4.69) is 4.74 Å². The predicted molar refractivity (Wildman–Crippen MR) is 66.8 cm³/mol. The number of carbonyl (C=O) groups excluding carboxylic acids is 1. The SMILES string of the molecule is CCC(O)C(CCCCCCC(=O)OC)[N+](=O)[O-]. The quantitative estimate of drug-likeness (QED) is 0.281. The molecule has 2 atom stereocenters. The highest BCUT2D eigenvalue weighted by molar-refractivity contribution is 5.68. The first-order chi connectivity index (χ1) is 8.52. The third kappa shape index (κ3) is 7.21. The number of aliphatic hydroxyl groups excluding tert-OH is 1. The molecule has 0 aromatic rings. The largest absolute Gasteiger partial charge is 0.469 e. The minimum atomic E-state index is -0.866. The number of hydrogen-bond acceptors (Lipinski definition) is 5. The summed E-state index contributed by atoms with van der Waals surface area (Å²) in [5.41, 5.74) is 0. The molecule has 0 bridgehead atoms. The lowest BCUT2D eigenvalue weighted by Crippen LogP contribution is -2.33. The predicted octanol–water partition coefficient (Wildman–Crippen LogP) is 1.92. The number of nitro groups is 1. The summed E-state index contributed by atoms with van der Waals surface area (Å²) in [4.78, 5) is 21.2. The van der Waals surface area contributed by atoms with Crippen molar-refractivity contribution in [1.29, 1.82) is 0 Å². The van der Waals surface area contributed by atoms with E-state index >= 15 is 0 Å². The minimum Gasteiger partial charge on any atom is -0.469 e. The maximum absolute atomic E-state index is 10.8. The van der Waals surface area contributed by atoms with Crippen LogP contribution in [0, 0.1) is 10.1 Å². The second kappa shape index (κ2) is 9.82. The van der Waals surface area contributed by atoms with Crippen LogP contribution in [0.1, 0.15) is 51.9 Å². The van der Waals surface area contributed by atoms with E-state index in [1.165, 1.54) is 7.11 Å². The van der Waals surface area contributed by atoms with Crippen molar-refractivity contribution < 1.29 is 19.6 Å². The Hall–Kier alpha value is -1.17. The third-order valence-corrected chi connectivity index (χ3v) is 2.99. The van der Waals surface area contributed by atoms with E-state index in [-0.39, 0.29) is 5.97 Å². The Labute approximate surface area is 107 Å². The van der Waals surface area contributed by atoms with Crippen molar-refractivity contribution in [2.45, 2.75) is 64.0 Å². The highest BCUT2D eigenvalue weighted by Gasteiger charge is 2.27. The van der Waals surface area contributed by atoms with Crippen LogP contribution < -0.4 is 0 Å². The van der Waals surface area contributed by atoms with E-state index < -0.39 is 17.1 Å². The number of rotatable bonds is 10. The molecule has 0 fully saturated rings. The fourth-order valence-electron chi connectivity index (χ4n) is 1.79. The summed E-state index contributed by atoms with van der Waals surface area (Å²) in [7, 11) is 1.36. The van der Waals surface area contributed by atoms with Gasteiger partial charge in [0.15, 0.2) is 0 Å². The molecule has 2 unspecified atom stereocenters. The molecule has 0 amide bonds. The van der Waals surface area contributed by atoms with Gasteiger partial charge >= 0.3 is 5.97 Å². The van der Waals surface area contributed by atoms with Crippen LogP contribution in [0.4, 0.5) is 0 Å². The first-order valence-electron chi connectivity index (χ1n) is 6.41. The molecule has 0 saturated heterocycles. The molecule has 0 aliphatic rings. The molecule has 0 aromatic carbocycles. The van der Waals surface area contributed by atoms with Crippen molar-refractivity contribution in [3.8, 4) is 0 Å². The molecule has 6 heteroatoms. The lowest BCUT2D eigenvalue weighted by molar-refractivity contribution is -0.535. The van der Waals surface area contributed by atoms with Crippen LogP contribution in [0.25, 0.3) is 0 Å². The van der Waals surface area contributed by atoms with Gasteiger partial charge in [-0.3, -0.25) is 14.9 Å². The van der Waals surface area contributed by atoms with Gasteiger partial charge in [-0.1, -0.05) is 19.8 Å². The van der Waals surface area contributed by atoms with Gasteiger partial charge in [0.1, 0.15) is 6.10 Å². The van der Waals surface area contributed by atoms with Crippen molar-refractivity contribution in [1.82, 2.24) is 0 Å². The zero-order valence-corrected chi connectivity index (χ0v) is 11.1. The zero-order valence-electron chi connectivity index (χ0n) is 11.1. The molecule has 0 radical (unpaired) electrons.